The molecule has 22 nitrogen and oxygen atoms in total. The zero-order chi connectivity index (χ0) is 50.6. The molecule has 0 radical (unpaired) electrons. The predicted octanol–water partition coefficient (Wildman–Crippen LogP) is -1.25. The van der Waals surface area contributed by atoms with Crippen LogP contribution in [0.25, 0.3) is 0 Å². The zero-order valence-corrected chi connectivity index (χ0v) is 39.1. The Morgan fingerprint density at radius 3 is 2.22 bits per heavy atom. The monoisotopic (exact) mass is 972 g/mol. The summed E-state index contributed by atoms with van der Waals surface area (Å²) >= 11 is 6.21. The minimum Gasteiger partial charge on any atom is -0.508 e. The fourth-order valence-corrected chi connectivity index (χ4v) is 8.12. The molecule has 11 N–H and O–H groups in total. The van der Waals surface area contributed by atoms with Gasteiger partial charge in [0.1, 0.15) is 66.1 Å². The van der Waals surface area contributed by atoms with Crippen molar-refractivity contribution in [2.75, 3.05) is 7.05 Å². The molecular weight excluding hydrogens is 912 g/mol. The molecule has 0 aliphatic carbocycles. The predicted molar refractivity (Wildman–Crippen MR) is 242 cm³/mol. The highest BCUT2D eigenvalue weighted by Gasteiger charge is 2.47. The van der Waals surface area contributed by atoms with Crippen LogP contribution in [0.15, 0.2) is 42.5 Å². The van der Waals surface area contributed by atoms with Gasteiger partial charge in [0.15, 0.2) is 0 Å². The minimum absolute atomic E-state index is 0.0392. The smallest absolute Gasteiger partial charge is 0.329 e. The first-order valence-corrected chi connectivity index (χ1v) is 22.6. The maximum absolute atomic E-state index is 14.6. The summed E-state index contributed by atoms with van der Waals surface area (Å²) in [6, 6.07) is -1.08. The maximum atomic E-state index is 14.6. The Bertz CT molecular complexity index is 2180. The molecule has 68 heavy (non-hydrogen) atoms. The molecule has 0 spiro atoms. The molecule has 11 atom stereocenters. The number of nitrogens with two attached hydrogens (primary N) is 1. The number of amides is 8. The number of nitrogens with zero attached hydrogens (tertiary/aromatic N) is 2. The van der Waals surface area contributed by atoms with E-state index in [1.807, 2.05) is 0 Å². The van der Waals surface area contributed by atoms with Crippen molar-refractivity contribution >= 4 is 65.3 Å². The standard InChI is InChI=1S/C45H61ClN8O14/c1-6-22(2)36-45(67)68-24(4)37(52-39(61)29(48-21-55)14-17-34(47)59)42(64)49-30(13-9-25-7-11-27(57)12-8-25)40(62)50-31-15-18-35(60)54(43(31)65)38(23(3)56)44(66)53(5)32(41(63)51-36)20-26-10-16-33(58)28(46)19-26/h7-8,10-12,16,19,21-24,29-32,35-38,56-58,60H,6,9,13-15,17-18,20H2,1-5H3,(H2,47,59)(H,48,55)(H,49,64)(H,50,62)(H,51,63)(H,52,61). The summed E-state index contributed by atoms with van der Waals surface area (Å²) in [6.45, 7) is 5.76. The molecular formula is C45H61ClN8O14. The van der Waals surface area contributed by atoms with Crippen LogP contribution in [0, 0.1) is 5.92 Å². The largest absolute Gasteiger partial charge is 0.508 e. The number of fused-ring (bicyclic) bond motifs is 2. The van der Waals surface area contributed by atoms with E-state index in [2.05, 4.69) is 26.6 Å². The van der Waals surface area contributed by atoms with Gasteiger partial charge >= 0.3 is 5.97 Å². The second-order valence-corrected chi connectivity index (χ2v) is 17.5. The van der Waals surface area contributed by atoms with Crippen LogP contribution in [0.2, 0.25) is 5.02 Å². The van der Waals surface area contributed by atoms with E-state index in [-0.39, 0.29) is 74.3 Å². The Morgan fingerprint density at radius 1 is 0.956 bits per heavy atom. The minimum atomic E-state index is -1.84. The number of nitrogens with one attached hydrogen (secondary N) is 5. The van der Waals surface area contributed by atoms with Crippen molar-refractivity contribution in [1.82, 2.24) is 36.4 Å². The number of likely N-dealkylation sites (N-methyl/N-ethyl adjacent to an activating group) is 1. The number of aliphatic hydroxyl groups excluding tert-OH is 2. The number of phenols is 2. The van der Waals surface area contributed by atoms with Gasteiger partial charge in [0.25, 0.3) is 0 Å². The van der Waals surface area contributed by atoms with Crippen molar-refractivity contribution < 1.29 is 68.3 Å². The lowest BCUT2D eigenvalue weighted by atomic mass is 9.96. The lowest BCUT2D eigenvalue weighted by Gasteiger charge is -2.43. The number of cyclic esters (lactones) is 1. The van der Waals surface area contributed by atoms with Gasteiger partial charge in [0.2, 0.25) is 47.8 Å². The first-order valence-electron chi connectivity index (χ1n) is 22.2. The number of halogens is 1. The van der Waals surface area contributed by atoms with Crippen LogP contribution < -0.4 is 32.3 Å². The summed E-state index contributed by atoms with van der Waals surface area (Å²) in [6.07, 6.45) is -5.86. The Morgan fingerprint density at radius 2 is 1.62 bits per heavy atom. The Labute approximate surface area is 397 Å². The molecule has 2 aromatic carbocycles. The van der Waals surface area contributed by atoms with Crippen LogP contribution in [0.5, 0.6) is 11.5 Å². The first kappa shape index (κ1) is 54.1. The van der Waals surface area contributed by atoms with Crippen LogP contribution in [0.1, 0.15) is 77.3 Å². The van der Waals surface area contributed by atoms with Crippen molar-refractivity contribution in [3.05, 3.63) is 58.6 Å². The third kappa shape index (κ3) is 14.0. The second kappa shape index (κ2) is 24.5. The highest BCUT2D eigenvalue weighted by Crippen LogP contribution is 2.27. The molecule has 2 fully saturated rings. The number of aromatic hydroxyl groups is 2. The number of aryl methyl sites for hydroxylation is 1. The summed E-state index contributed by atoms with van der Waals surface area (Å²) in [7, 11) is 1.21. The number of carbonyl (C=O) groups is 9. The number of esters is 1. The number of benzene rings is 2. The van der Waals surface area contributed by atoms with Crippen LogP contribution in [0.4, 0.5) is 0 Å². The van der Waals surface area contributed by atoms with E-state index < -0.39 is 114 Å². The maximum Gasteiger partial charge on any atom is 0.329 e. The molecule has 2 aromatic rings. The van der Waals surface area contributed by atoms with Gasteiger partial charge in [-0.3, -0.25) is 38.4 Å². The van der Waals surface area contributed by atoms with Gasteiger partial charge in [0, 0.05) is 19.9 Å². The lowest BCUT2D eigenvalue weighted by Crippen LogP contribution is -2.67. The third-order valence-electron chi connectivity index (χ3n) is 12.1. The molecule has 2 aliphatic heterocycles. The average Bonchev–Trinajstić information content (AvgIpc) is 3.28. The van der Waals surface area contributed by atoms with E-state index in [0.29, 0.717) is 11.1 Å². The molecule has 372 valence electrons. The van der Waals surface area contributed by atoms with Crippen LogP contribution in [-0.2, 0) is 60.7 Å². The second-order valence-electron chi connectivity index (χ2n) is 17.1. The van der Waals surface area contributed by atoms with Gasteiger partial charge in [-0.05, 0) is 87.3 Å². The molecule has 11 unspecified atom stereocenters. The number of hydrogen-bond acceptors (Lipinski definition) is 14. The van der Waals surface area contributed by atoms with Crippen molar-refractivity contribution in [3.8, 4) is 11.5 Å². The fraction of sp³-hybridized carbons (Fsp3) is 0.533. The van der Waals surface area contributed by atoms with Gasteiger partial charge in [0.05, 0.1) is 11.1 Å². The summed E-state index contributed by atoms with van der Waals surface area (Å²) in [5.41, 5.74) is 6.23. The van der Waals surface area contributed by atoms with E-state index in [0.717, 1.165) is 9.80 Å². The van der Waals surface area contributed by atoms with Crippen molar-refractivity contribution in [3.63, 3.8) is 0 Å². The van der Waals surface area contributed by atoms with Gasteiger partial charge in [-0.1, -0.05) is 50.1 Å². The van der Waals surface area contributed by atoms with Gasteiger partial charge in [-0.2, -0.15) is 0 Å². The van der Waals surface area contributed by atoms with E-state index in [4.69, 9.17) is 22.1 Å². The molecule has 2 bridgehead atoms. The highest BCUT2D eigenvalue weighted by molar-refractivity contribution is 6.32. The molecule has 2 heterocycles. The Hall–Kier alpha value is -6.52. The van der Waals surface area contributed by atoms with E-state index in [9.17, 15) is 63.6 Å². The number of piperidine rings is 1. The van der Waals surface area contributed by atoms with Gasteiger partial charge in [-0.15, -0.1) is 0 Å². The number of phenolic OH excluding ortho intramolecular Hbond substituents is 2. The highest BCUT2D eigenvalue weighted by atomic mass is 35.5. The summed E-state index contributed by atoms with van der Waals surface area (Å²) < 4.78 is 5.83. The Balaban J connectivity index is 1.89. The third-order valence-corrected chi connectivity index (χ3v) is 12.4. The summed E-state index contributed by atoms with van der Waals surface area (Å²) in [5.74, 6) is -8.89. The van der Waals surface area contributed by atoms with Crippen LogP contribution in [0.3, 0.4) is 0 Å². The zero-order valence-electron chi connectivity index (χ0n) is 38.3. The van der Waals surface area contributed by atoms with E-state index in [1.165, 1.54) is 51.2 Å². The average molecular weight is 973 g/mol. The number of primary amides is 1. The topological polar surface area (TPSA) is 336 Å². The molecule has 23 heteroatoms. The summed E-state index contributed by atoms with van der Waals surface area (Å²) in [5, 5.41) is 54.8. The van der Waals surface area contributed by atoms with Crippen LogP contribution >= 0.6 is 11.6 Å². The molecule has 0 aromatic heterocycles. The number of rotatable bonds is 15. The lowest BCUT2D eigenvalue weighted by molar-refractivity contribution is -0.170. The van der Waals surface area contributed by atoms with Gasteiger partial charge < -0.3 is 67.3 Å². The van der Waals surface area contributed by atoms with E-state index >= 15 is 0 Å². The van der Waals surface area contributed by atoms with Gasteiger partial charge in [-0.25, -0.2) is 4.79 Å². The molecule has 0 saturated carbocycles. The fourth-order valence-electron chi connectivity index (χ4n) is 7.92. The number of hydrogen-bond donors (Lipinski definition) is 10. The van der Waals surface area contributed by atoms with Crippen molar-refractivity contribution in [1.29, 1.82) is 0 Å². The molecule has 4 rings (SSSR count). The van der Waals surface area contributed by atoms with Crippen molar-refractivity contribution in [2.24, 2.45) is 11.7 Å². The normalized spacial score (nSPS) is 25.8. The number of ether oxygens (including phenoxy) is 1. The number of carbonyl (C=O) groups excluding carboxylic acids is 9. The summed E-state index contributed by atoms with van der Waals surface area (Å²) in [4.78, 5) is 125. The SMILES string of the molecule is CCC(C)C1NC(=O)C(Cc2ccc(O)c(Cl)c2)N(C)C(=O)C(C(C)O)N2C(=O)C(CCC2O)NC(=O)C(CCc2ccc(O)cc2)NC(=O)C(NC(=O)C(CCC(N)=O)NC=O)C(C)OC1=O. The first-order chi connectivity index (χ1) is 32.1. The van der Waals surface area contributed by atoms with E-state index in [1.54, 1.807) is 26.0 Å². The quantitative estimate of drug-likeness (QED) is 0.0738. The van der Waals surface area contributed by atoms with Crippen molar-refractivity contribution in [2.45, 2.75) is 140 Å². The molecule has 2 aliphatic rings. The van der Waals surface area contributed by atoms with Crippen LogP contribution in [-0.4, -0.2) is 152 Å². The number of aliphatic hydroxyl groups is 2. The molecule has 8 amide bonds. The molecule has 2 saturated heterocycles. The Kier molecular flexibility index (Phi) is 19.5.